The number of hydrogen-bond acceptors (Lipinski definition) is 2. The number of likely N-dealkylation sites (tertiary alicyclic amines) is 1. The molecule has 1 fully saturated rings. The summed E-state index contributed by atoms with van der Waals surface area (Å²) >= 11 is 3.55. The van der Waals surface area contributed by atoms with Crippen molar-refractivity contribution in [2.45, 2.75) is 32.9 Å². The molecule has 0 aromatic carbocycles. The van der Waals surface area contributed by atoms with E-state index in [1.54, 1.807) is 0 Å². The number of halogens is 1. The van der Waals surface area contributed by atoms with Crippen LogP contribution in [-0.2, 0) is 6.54 Å². The van der Waals surface area contributed by atoms with Gasteiger partial charge < -0.3 is 0 Å². The molecule has 2 rings (SSSR count). The molecule has 1 aliphatic rings. The monoisotopic (exact) mass is 268 g/mol. The fraction of sp³-hybridized carbons (Fsp3) is 0.583. The van der Waals surface area contributed by atoms with Crippen molar-refractivity contribution in [3.8, 4) is 0 Å². The molecule has 2 nitrogen and oxygen atoms in total. The highest BCUT2D eigenvalue weighted by molar-refractivity contribution is 9.10. The average molecular weight is 269 g/mol. The van der Waals surface area contributed by atoms with E-state index in [-0.39, 0.29) is 0 Å². The Morgan fingerprint density at radius 2 is 2.33 bits per heavy atom. The molecule has 0 bridgehead atoms. The Morgan fingerprint density at radius 3 is 2.93 bits per heavy atom. The molecule has 0 saturated carbocycles. The zero-order valence-electron chi connectivity index (χ0n) is 9.28. The van der Waals surface area contributed by atoms with Gasteiger partial charge in [-0.1, -0.05) is 6.92 Å². The summed E-state index contributed by atoms with van der Waals surface area (Å²) in [6.07, 6.45) is 3.18. The highest BCUT2D eigenvalue weighted by Gasteiger charge is 2.27. The molecule has 15 heavy (non-hydrogen) atoms. The molecule has 1 aromatic heterocycles. The van der Waals surface area contributed by atoms with Crippen molar-refractivity contribution in [3.05, 3.63) is 28.5 Å². The van der Waals surface area contributed by atoms with Crippen molar-refractivity contribution >= 4 is 15.9 Å². The number of pyridine rings is 1. The van der Waals surface area contributed by atoms with Crippen molar-refractivity contribution in [1.29, 1.82) is 0 Å². The summed E-state index contributed by atoms with van der Waals surface area (Å²) in [6, 6.07) is 4.70. The Kier molecular flexibility index (Phi) is 3.42. The molecule has 1 aromatic rings. The molecule has 2 heterocycles. The van der Waals surface area contributed by atoms with Gasteiger partial charge in [0.05, 0.1) is 5.69 Å². The molecular formula is C12H17BrN2. The third-order valence-corrected chi connectivity index (χ3v) is 4.18. The smallest absolute Gasteiger partial charge is 0.0685 e. The SMILES string of the molecule is CC1CCN(Cc2ncccc2Br)C1C. The van der Waals surface area contributed by atoms with Crippen LogP contribution >= 0.6 is 15.9 Å². The second-order valence-corrected chi connectivity index (χ2v) is 5.26. The lowest BCUT2D eigenvalue weighted by molar-refractivity contribution is 0.236. The minimum Gasteiger partial charge on any atom is -0.295 e. The molecule has 1 saturated heterocycles. The van der Waals surface area contributed by atoms with Crippen molar-refractivity contribution < 1.29 is 0 Å². The summed E-state index contributed by atoms with van der Waals surface area (Å²) in [4.78, 5) is 6.92. The lowest BCUT2D eigenvalue weighted by Gasteiger charge is -2.22. The summed E-state index contributed by atoms with van der Waals surface area (Å²) in [5, 5.41) is 0. The largest absolute Gasteiger partial charge is 0.295 e. The van der Waals surface area contributed by atoms with E-state index in [1.807, 2.05) is 12.3 Å². The Hall–Kier alpha value is -0.410. The average Bonchev–Trinajstić information content (AvgIpc) is 2.53. The number of nitrogens with zero attached hydrogens (tertiary/aromatic N) is 2. The van der Waals surface area contributed by atoms with Gasteiger partial charge in [-0.15, -0.1) is 0 Å². The summed E-state index contributed by atoms with van der Waals surface area (Å²) < 4.78 is 1.12. The normalized spacial score (nSPS) is 27.1. The van der Waals surface area contributed by atoms with Crippen LogP contribution in [0.4, 0.5) is 0 Å². The second-order valence-electron chi connectivity index (χ2n) is 4.41. The quantitative estimate of drug-likeness (QED) is 0.820. The molecule has 2 unspecified atom stereocenters. The third-order valence-electron chi connectivity index (χ3n) is 3.46. The molecule has 0 aliphatic carbocycles. The van der Waals surface area contributed by atoms with E-state index in [1.165, 1.54) is 13.0 Å². The molecule has 1 aliphatic heterocycles. The topological polar surface area (TPSA) is 16.1 Å². The molecule has 3 heteroatoms. The fourth-order valence-electron chi connectivity index (χ4n) is 2.12. The Balaban J connectivity index is 2.07. The maximum Gasteiger partial charge on any atom is 0.0685 e. The maximum atomic E-state index is 4.41. The van der Waals surface area contributed by atoms with Crippen molar-refractivity contribution in [2.75, 3.05) is 6.54 Å². The van der Waals surface area contributed by atoms with Gasteiger partial charge in [0.15, 0.2) is 0 Å². The van der Waals surface area contributed by atoms with Crippen LogP contribution in [0.5, 0.6) is 0 Å². The lowest BCUT2D eigenvalue weighted by Crippen LogP contribution is -2.29. The summed E-state index contributed by atoms with van der Waals surface area (Å²) in [5.41, 5.74) is 1.15. The van der Waals surface area contributed by atoms with E-state index >= 15 is 0 Å². The molecule has 82 valence electrons. The van der Waals surface area contributed by atoms with Gasteiger partial charge in [-0.05, 0) is 53.9 Å². The first kappa shape index (κ1) is 11.1. The standard InChI is InChI=1S/C12H17BrN2/c1-9-5-7-15(10(9)2)8-12-11(13)4-3-6-14-12/h3-4,6,9-10H,5,7-8H2,1-2H3. The van der Waals surface area contributed by atoms with Crippen LogP contribution in [0.3, 0.4) is 0 Å². The maximum absolute atomic E-state index is 4.41. The predicted molar refractivity (Wildman–Crippen MR) is 65.6 cm³/mol. The first-order valence-electron chi connectivity index (χ1n) is 5.52. The zero-order chi connectivity index (χ0) is 10.8. The summed E-state index contributed by atoms with van der Waals surface area (Å²) in [7, 11) is 0. The first-order chi connectivity index (χ1) is 7.18. The van der Waals surface area contributed by atoms with Gasteiger partial charge >= 0.3 is 0 Å². The van der Waals surface area contributed by atoms with Crippen LogP contribution in [0.2, 0.25) is 0 Å². The van der Waals surface area contributed by atoms with Crippen molar-refractivity contribution in [1.82, 2.24) is 9.88 Å². The highest BCUT2D eigenvalue weighted by atomic mass is 79.9. The number of rotatable bonds is 2. The van der Waals surface area contributed by atoms with E-state index in [0.717, 1.165) is 22.6 Å². The van der Waals surface area contributed by atoms with Gasteiger partial charge in [0.25, 0.3) is 0 Å². The lowest BCUT2D eigenvalue weighted by atomic mass is 10.1. The van der Waals surface area contributed by atoms with E-state index in [2.05, 4.69) is 45.7 Å². The Bertz CT molecular complexity index is 340. The number of aromatic nitrogens is 1. The summed E-state index contributed by atoms with van der Waals surface area (Å²) in [5.74, 6) is 0.812. The molecule has 0 amide bonds. The zero-order valence-corrected chi connectivity index (χ0v) is 10.9. The number of hydrogen-bond donors (Lipinski definition) is 0. The van der Waals surface area contributed by atoms with E-state index in [0.29, 0.717) is 6.04 Å². The Labute approximate surface area is 99.8 Å². The van der Waals surface area contributed by atoms with Crippen molar-refractivity contribution in [3.63, 3.8) is 0 Å². The Morgan fingerprint density at radius 1 is 1.53 bits per heavy atom. The van der Waals surface area contributed by atoms with Crippen LogP contribution in [0.15, 0.2) is 22.8 Å². The van der Waals surface area contributed by atoms with Crippen molar-refractivity contribution in [2.24, 2.45) is 5.92 Å². The van der Waals surface area contributed by atoms with Gasteiger partial charge in [0.1, 0.15) is 0 Å². The molecular weight excluding hydrogens is 252 g/mol. The second kappa shape index (κ2) is 4.62. The van der Waals surface area contributed by atoms with Crippen LogP contribution < -0.4 is 0 Å². The van der Waals surface area contributed by atoms with Gasteiger partial charge in [0, 0.05) is 23.3 Å². The van der Waals surface area contributed by atoms with Crippen LogP contribution in [0.25, 0.3) is 0 Å². The van der Waals surface area contributed by atoms with Gasteiger partial charge in [-0.2, -0.15) is 0 Å². The highest BCUT2D eigenvalue weighted by Crippen LogP contribution is 2.26. The van der Waals surface area contributed by atoms with Crippen LogP contribution in [0, 0.1) is 5.92 Å². The molecule has 2 atom stereocenters. The van der Waals surface area contributed by atoms with Crippen LogP contribution in [-0.4, -0.2) is 22.5 Å². The first-order valence-corrected chi connectivity index (χ1v) is 6.31. The van der Waals surface area contributed by atoms with Gasteiger partial charge in [-0.3, -0.25) is 9.88 Å². The fourth-order valence-corrected chi connectivity index (χ4v) is 2.50. The van der Waals surface area contributed by atoms with E-state index in [9.17, 15) is 0 Å². The van der Waals surface area contributed by atoms with Gasteiger partial charge in [0.2, 0.25) is 0 Å². The van der Waals surface area contributed by atoms with E-state index < -0.39 is 0 Å². The molecule has 0 spiro atoms. The minimum absolute atomic E-state index is 0.680. The predicted octanol–water partition coefficient (Wildman–Crippen LogP) is 3.07. The van der Waals surface area contributed by atoms with E-state index in [4.69, 9.17) is 0 Å². The van der Waals surface area contributed by atoms with Gasteiger partial charge in [-0.25, -0.2) is 0 Å². The molecule has 0 radical (unpaired) electrons. The molecule has 0 N–H and O–H groups in total. The third kappa shape index (κ3) is 2.40. The minimum atomic E-state index is 0.680. The summed E-state index contributed by atoms with van der Waals surface area (Å²) in [6.45, 7) is 6.81. The van der Waals surface area contributed by atoms with Crippen LogP contribution in [0.1, 0.15) is 26.0 Å².